The summed E-state index contributed by atoms with van der Waals surface area (Å²) in [6.45, 7) is 6.62. The number of amides is 1. The SMILES string of the molecule is CCCCC(=O)NCCCN1CCCCCC1. The largest absolute Gasteiger partial charge is 0.356 e. The Kier molecular flexibility index (Phi) is 8.06. The molecule has 0 bridgehead atoms. The average Bonchev–Trinajstić information content (AvgIpc) is 2.60. The van der Waals surface area contributed by atoms with Crippen molar-refractivity contribution in [2.24, 2.45) is 0 Å². The van der Waals surface area contributed by atoms with Crippen molar-refractivity contribution >= 4 is 5.91 Å². The Morgan fingerprint density at radius 2 is 1.82 bits per heavy atom. The predicted molar refractivity (Wildman–Crippen MR) is 72.1 cm³/mol. The lowest BCUT2D eigenvalue weighted by Gasteiger charge is -2.19. The molecule has 1 aliphatic heterocycles. The van der Waals surface area contributed by atoms with Crippen LogP contribution in [0.2, 0.25) is 0 Å². The van der Waals surface area contributed by atoms with Crippen LogP contribution in [-0.4, -0.2) is 37.0 Å². The Bertz CT molecular complexity index is 198. The summed E-state index contributed by atoms with van der Waals surface area (Å²) in [6, 6.07) is 0. The smallest absolute Gasteiger partial charge is 0.219 e. The summed E-state index contributed by atoms with van der Waals surface area (Å²) < 4.78 is 0. The van der Waals surface area contributed by atoms with Gasteiger partial charge in [0.05, 0.1) is 0 Å². The van der Waals surface area contributed by atoms with E-state index in [0.717, 1.165) is 32.4 Å². The minimum atomic E-state index is 0.225. The van der Waals surface area contributed by atoms with Crippen LogP contribution in [0.25, 0.3) is 0 Å². The van der Waals surface area contributed by atoms with Crippen molar-refractivity contribution in [1.82, 2.24) is 10.2 Å². The van der Waals surface area contributed by atoms with Crippen LogP contribution in [0.15, 0.2) is 0 Å². The molecular weight excluding hydrogens is 212 g/mol. The molecule has 1 fully saturated rings. The van der Waals surface area contributed by atoms with Gasteiger partial charge in [0.2, 0.25) is 5.91 Å². The Morgan fingerprint density at radius 1 is 1.12 bits per heavy atom. The molecule has 17 heavy (non-hydrogen) atoms. The molecular formula is C14H28N2O. The molecule has 0 aromatic heterocycles. The Hall–Kier alpha value is -0.570. The van der Waals surface area contributed by atoms with E-state index in [1.165, 1.54) is 38.8 Å². The molecule has 1 amide bonds. The van der Waals surface area contributed by atoms with Crippen LogP contribution in [0, 0.1) is 0 Å². The van der Waals surface area contributed by atoms with Crippen molar-refractivity contribution in [1.29, 1.82) is 0 Å². The first-order valence-electron chi connectivity index (χ1n) is 7.32. The second-order valence-corrected chi connectivity index (χ2v) is 5.06. The number of nitrogens with one attached hydrogen (secondary N) is 1. The summed E-state index contributed by atoms with van der Waals surface area (Å²) in [4.78, 5) is 13.9. The molecule has 0 radical (unpaired) electrons. The summed E-state index contributed by atoms with van der Waals surface area (Å²) in [5.41, 5.74) is 0. The van der Waals surface area contributed by atoms with Crippen LogP contribution < -0.4 is 5.32 Å². The van der Waals surface area contributed by atoms with Crippen molar-refractivity contribution in [3.8, 4) is 0 Å². The number of hydrogen-bond acceptors (Lipinski definition) is 2. The second-order valence-electron chi connectivity index (χ2n) is 5.06. The van der Waals surface area contributed by atoms with Crippen LogP contribution in [0.4, 0.5) is 0 Å². The molecule has 0 aromatic carbocycles. The summed E-state index contributed by atoms with van der Waals surface area (Å²) in [7, 11) is 0. The van der Waals surface area contributed by atoms with E-state index in [2.05, 4.69) is 17.1 Å². The van der Waals surface area contributed by atoms with Gasteiger partial charge in [0, 0.05) is 13.0 Å². The highest BCUT2D eigenvalue weighted by Crippen LogP contribution is 2.09. The molecule has 0 saturated carbocycles. The van der Waals surface area contributed by atoms with Gasteiger partial charge < -0.3 is 10.2 Å². The highest BCUT2D eigenvalue weighted by atomic mass is 16.1. The van der Waals surface area contributed by atoms with Gasteiger partial charge in [-0.05, 0) is 45.3 Å². The summed E-state index contributed by atoms with van der Waals surface area (Å²) in [5.74, 6) is 0.225. The monoisotopic (exact) mass is 240 g/mol. The van der Waals surface area contributed by atoms with Gasteiger partial charge in [-0.15, -0.1) is 0 Å². The molecule has 1 heterocycles. The molecule has 0 atom stereocenters. The van der Waals surface area contributed by atoms with Crippen LogP contribution in [0.3, 0.4) is 0 Å². The van der Waals surface area contributed by atoms with Gasteiger partial charge in [0.25, 0.3) is 0 Å². The zero-order chi connectivity index (χ0) is 12.3. The fraction of sp³-hybridized carbons (Fsp3) is 0.929. The third-order valence-electron chi connectivity index (χ3n) is 3.43. The van der Waals surface area contributed by atoms with Crippen molar-refractivity contribution in [3.63, 3.8) is 0 Å². The predicted octanol–water partition coefficient (Wildman–Crippen LogP) is 2.56. The van der Waals surface area contributed by atoms with Crippen LogP contribution in [0.1, 0.15) is 58.3 Å². The Balaban J connectivity index is 1.97. The van der Waals surface area contributed by atoms with Crippen LogP contribution in [-0.2, 0) is 4.79 Å². The number of unbranched alkanes of at least 4 members (excludes halogenated alkanes) is 1. The molecule has 3 nitrogen and oxygen atoms in total. The van der Waals surface area contributed by atoms with Gasteiger partial charge in [0.15, 0.2) is 0 Å². The van der Waals surface area contributed by atoms with Gasteiger partial charge in [0.1, 0.15) is 0 Å². The first kappa shape index (κ1) is 14.5. The fourth-order valence-corrected chi connectivity index (χ4v) is 2.32. The molecule has 0 spiro atoms. The average molecular weight is 240 g/mol. The summed E-state index contributed by atoms with van der Waals surface area (Å²) in [5, 5.41) is 3.01. The fourth-order valence-electron chi connectivity index (χ4n) is 2.32. The van der Waals surface area contributed by atoms with Gasteiger partial charge in [-0.3, -0.25) is 4.79 Å². The van der Waals surface area contributed by atoms with Gasteiger partial charge in [-0.1, -0.05) is 26.2 Å². The number of carbonyl (C=O) groups excluding carboxylic acids is 1. The zero-order valence-electron chi connectivity index (χ0n) is 11.3. The number of likely N-dealkylation sites (tertiary alicyclic amines) is 1. The van der Waals surface area contributed by atoms with Crippen molar-refractivity contribution < 1.29 is 4.79 Å². The maximum absolute atomic E-state index is 11.4. The third-order valence-corrected chi connectivity index (χ3v) is 3.43. The Morgan fingerprint density at radius 3 is 2.47 bits per heavy atom. The quantitative estimate of drug-likeness (QED) is 0.694. The molecule has 0 aliphatic carbocycles. The first-order chi connectivity index (χ1) is 8.33. The van der Waals surface area contributed by atoms with Crippen molar-refractivity contribution in [3.05, 3.63) is 0 Å². The molecule has 0 unspecified atom stereocenters. The number of hydrogen-bond donors (Lipinski definition) is 1. The lowest BCUT2D eigenvalue weighted by molar-refractivity contribution is -0.121. The van der Waals surface area contributed by atoms with E-state index >= 15 is 0 Å². The van der Waals surface area contributed by atoms with Gasteiger partial charge in [-0.2, -0.15) is 0 Å². The van der Waals surface area contributed by atoms with Gasteiger partial charge in [-0.25, -0.2) is 0 Å². The normalized spacial score (nSPS) is 17.7. The van der Waals surface area contributed by atoms with E-state index in [1.54, 1.807) is 0 Å². The summed E-state index contributed by atoms with van der Waals surface area (Å²) in [6.07, 6.45) is 9.39. The molecule has 100 valence electrons. The third kappa shape index (κ3) is 7.37. The van der Waals surface area contributed by atoms with Crippen molar-refractivity contribution in [2.45, 2.75) is 58.3 Å². The Labute approximate surface area is 106 Å². The molecule has 1 N–H and O–H groups in total. The molecule has 1 saturated heterocycles. The summed E-state index contributed by atoms with van der Waals surface area (Å²) >= 11 is 0. The van der Waals surface area contributed by atoms with E-state index in [0.29, 0.717) is 6.42 Å². The lowest BCUT2D eigenvalue weighted by Crippen LogP contribution is -2.30. The minimum Gasteiger partial charge on any atom is -0.356 e. The highest BCUT2D eigenvalue weighted by molar-refractivity contribution is 5.75. The van der Waals surface area contributed by atoms with Crippen LogP contribution in [0.5, 0.6) is 0 Å². The van der Waals surface area contributed by atoms with Crippen molar-refractivity contribution in [2.75, 3.05) is 26.2 Å². The van der Waals surface area contributed by atoms with E-state index < -0.39 is 0 Å². The zero-order valence-corrected chi connectivity index (χ0v) is 11.3. The number of nitrogens with zero attached hydrogens (tertiary/aromatic N) is 1. The molecule has 1 aliphatic rings. The number of rotatable bonds is 7. The second kappa shape index (κ2) is 9.46. The standard InChI is InChI=1S/C14H28N2O/c1-2-3-9-14(17)15-10-8-13-16-11-6-4-5-7-12-16/h2-13H2,1H3,(H,15,17). The minimum absolute atomic E-state index is 0.225. The van der Waals surface area contributed by atoms with E-state index in [9.17, 15) is 4.79 Å². The first-order valence-corrected chi connectivity index (χ1v) is 7.32. The molecule has 3 heteroatoms. The number of carbonyl (C=O) groups is 1. The highest BCUT2D eigenvalue weighted by Gasteiger charge is 2.08. The van der Waals surface area contributed by atoms with E-state index in [-0.39, 0.29) is 5.91 Å². The van der Waals surface area contributed by atoms with E-state index in [4.69, 9.17) is 0 Å². The van der Waals surface area contributed by atoms with Gasteiger partial charge >= 0.3 is 0 Å². The lowest BCUT2D eigenvalue weighted by atomic mass is 10.2. The molecule has 1 rings (SSSR count). The van der Waals surface area contributed by atoms with Crippen LogP contribution >= 0.6 is 0 Å². The molecule has 0 aromatic rings. The van der Waals surface area contributed by atoms with E-state index in [1.807, 2.05) is 0 Å². The topological polar surface area (TPSA) is 32.3 Å². The maximum Gasteiger partial charge on any atom is 0.219 e. The maximum atomic E-state index is 11.4.